The van der Waals surface area contributed by atoms with E-state index in [9.17, 15) is 13.2 Å². The van der Waals surface area contributed by atoms with Crippen LogP contribution >= 0.6 is 0 Å². The summed E-state index contributed by atoms with van der Waals surface area (Å²) in [4.78, 5) is 6.67. The number of ether oxygens (including phenoxy) is 1. The van der Waals surface area contributed by atoms with Gasteiger partial charge in [-0.05, 0) is 44.5 Å². The van der Waals surface area contributed by atoms with Gasteiger partial charge in [0.25, 0.3) is 0 Å². The number of methoxy groups -OCH3 is 1. The van der Waals surface area contributed by atoms with Crippen molar-refractivity contribution >= 4 is 0 Å². The molecule has 0 aliphatic carbocycles. The van der Waals surface area contributed by atoms with E-state index in [2.05, 4.69) is 9.88 Å². The number of nitrogens with zero attached hydrogens (tertiary/aromatic N) is 2. The van der Waals surface area contributed by atoms with Gasteiger partial charge in [-0.3, -0.25) is 4.90 Å². The molecule has 0 unspecified atom stereocenters. The predicted octanol–water partition coefficient (Wildman–Crippen LogP) is 4.28. The Labute approximate surface area is 144 Å². The van der Waals surface area contributed by atoms with Crippen LogP contribution in [0.5, 0.6) is 0 Å². The van der Waals surface area contributed by atoms with Gasteiger partial charge in [0.05, 0.1) is 17.4 Å². The third kappa shape index (κ3) is 4.22. The van der Waals surface area contributed by atoms with Crippen LogP contribution in [0.25, 0.3) is 11.5 Å². The summed E-state index contributed by atoms with van der Waals surface area (Å²) >= 11 is 0. The highest BCUT2D eigenvalue weighted by Gasteiger charge is 2.31. The first kappa shape index (κ1) is 17.9. The van der Waals surface area contributed by atoms with Crippen molar-refractivity contribution < 1.29 is 22.3 Å². The number of aromatic nitrogens is 1. The summed E-state index contributed by atoms with van der Waals surface area (Å²) < 4.78 is 49.7. The predicted molar refractivity (Wildman–Crippen MR) is 87.0 cm³/mol. The molecule has 136 valence electrons. The molecule has 1 aromatic heterocycles. The van der Waals surface area contributed by atoms with Gasteiger partial charge >= 0.3 is 6.18 Å². The van der Waals surface area contributed by atoms with Crippen molar-refractivity contribution in [2.75, 3.05) is 20.2 Å². The number of benzene rings is 1. The summed E-state index contributed by atoms with van der Waals surface area (Å²) in [5.74, 6) is 0.853. The molecule has 1 saturated heterocycles. The number of likely N-dealkylation sites (tertiary alicyclic amines) is 1. The second-order valence-corrected chi connectivity index (χ2v) is 6.34. The third-order valence-electron chi connectivity index (χ3n) is 4.50. The van der Waals surface area contributed by atoms with Gasteiger partial charge in [-0.1, -0.05) is 6.07 Å². The summed E-state index contributed by atoms with van der Waals surface area (Å²) in [6.07, 6.45) is -2.08. The fraction of sp³-hybridized carbons (Fsp3) is 0.500. The molecule has 1 fully saturated rings. The second-order valence-electron chi connectivity index (χ2n) is 6.34. The molecular formula is C18H21F3N2O2. The minimum Gasteiger partial charge on any atom is -0.441 e. The van der Waals surface area contributed by atoms with E-state index in [1.165, 1.54) is 6.07 Å². The van der Waals surface area contributed by atoms with Crippen LogP contribution in [0.1, 0.15) is 29.9 Å². The fourth-order valence-corrected chi connectivity index (χ4v) is 3.09. The van der Waals surface area contributed by atoms with E-state index in [1.54, 1.807) is 20.1 Å². The Bertz CT molecular complexity index is 727. The highest BCUT2D eigenvalue weighted by molar-refractivity contribution is 5.55. The van der Waals surface area contributed by atoms with Crippen LogP contribution in [0.2, 0.25) is 0 Å². The van der Waals surface area contributed by atoms with Crippen molar-refractivity contribution in [2.45, 2.75) is 38.6 Å². The number of hydrogen-bond donors (Lipinski definition) is 0. The summed E-state index contributed by atoms with van der Waals surface area (Å²) in [5.41, 5.74) is 0.378. The van der Waals surface area contributed by atoms with Crippen LogP contribution in [-0.2, 0) is 17.5 Å². The minimum atomic E-state index is -4.39. The van der Waals surface area contributed by atoms with Crippen LogP contribution in [0.15, 0.2) is 28.7 Å². The molecule has 4 nitrogen and oxygen atoms in total. The molecule has 1 aromatic carbocycles. The van der Waals surface area contributed by atoms with E-state index in [-0.39, 0.29) is 12.0 Å². The Hall–Kier alpha value is -1.86. The van der Waals surface area contributed by atoms with Gasteiger partial charge in [-0.15, -0.1) is 0 Å². The third-order valence-corrected chi connectivity index (χ3v) is 4.50. The minimum absolute atomic E-state index is 0.212. The van der Waals surface area contributed by atoms with Gasteiger partial charge in [0, 0.05) is 25.8 Å². The zero-order chi connectivity index (χ0) is 18.0. The SMILES string of the molecule is CO[C@@H]1CCCN(Cc2nc(-c3cccc(C(F)(F)F)c3)oc2C)C1. The van der Waals surface area contributed by atoms with Gasteiger partial charge in [-0.2, -0.15) is 13.2 Å². The number of piperidine rings is 1. The molecular weight excluding hydrogens is 333 g/mol. The maximum atomic E-state index is 12.9. The molecule has 2 aromatic rings. The first-order valence-electron chi connectivity index (χ1n) is 8.26. The van der Waals surface area contributed by atoms with E-state index < -0.39 is 11.7 Å². The largest absolute Gasteiger partial charge is 0.441 e. The molecule has 3 rings (SSSR count). The maximum absolute atomic E-state index is 12.9. The number of oxazole rings is 1. The molecule has 0 radical (unpaired) electrons. The highest BCUT2D eigenvalue weighted by Crippen LogP contribution is 2.32. The van der Waals surface area contributed by atoms with Crippen LogP contribution in [0.3, 0.4) is 0 Å². The summed E-state index contributed by atoms with van der Waals surface area (Å²) in [5, 5.41) is 0. The lowest BCUT2D eigenvalue weighted by atomic mass is 10.1. The Morgan fingerprint density at radius 3 is 2.88 bits per heavy atom. The monoisotopic (exact) mass is 354 g/mol. The van der Waals surface area contributed by atoms with Gasteiger partial charge in [0.2, 0.25) is 5.89 Å². The Kier molecular flexibility index (Phi) is 5.15. The second kappa shape index (κ2) is 7.17. The molecule has 0 amide bonds. The van der Waals surface area contributed by atoms with E-state index >= 15 is 0 Å². The van der Waals surface area contributed by atoms with Gasteiger partial charge < -0.3 is 9.15 Å². The van der Waals surface area contributed by atoms with Crippen molar-refractivity contribution in [1.29, 1.82) is 0 Å². The molecule has 0 bridgehead atoms. The molecule has 1 aliphatic heterocycles. The first-order valence-corrected chi connectivity index (χ1v) is 8.26. The number of halogens is 3. The lowest BCUT2D eigenvalue weighted by Crippen LogP contribution is -2.38. The smallest absolute Gasteiger partial charge is 0.416 e. The standard InChI is InChI=1S/C18H21F3N2O2/c1-12-16(11-23-8-4-7-15(10-23)24-2)22-17(25-12)13-5-3-6-14(9-13)18(19,20)21/h3,5-6,9,15H,4,7-8,10-11H2,1-2H3/t15-/m1/s1. The van der Waals surface area contributed by atoms with Crippen LogP contribution < -0.4 is 0 Å². The molecule has 0 spiro atoms. The molecule has 0 N–H and O–H groups in total. The molecule has 1 aliphatic rings. The van der Waals surface area contributed by atoms with Crippen LogP contribution in [-0.4, -0.2) is 36.2 Å². The normalized spacial score (nSPS) is 19.3. The summed E-state index contributed by atoms with van der Waals surface area (Å²) in [6.45, 7) is 4.16. The molecule has 7 heteroatoms. The van der Waals surface area contributed by atoms with Gasteiger partial charge in [0.15, 0.2) is 0 Å². The lowest BCUT2D eigenvalue weighted by Gasteiger charge is -2.31. The number of alkyl halides is 3. The Morgan fingerprint density at radius 2 is 2.16 bits per heavy atom. The average Bonchev–Trinajstić information content (AvgIpc) is 2.95. The van der Waals surface area contributed by atoms with Crippen molar-refractivity contribution in [3.63, 3.8) is 0 Å². The van der Waals surface area contributed by atoms with Crippen LogP contribution in [0.4, 0.5) is 13.2 Å². The van der Waals surface area contributed by atoms with E-state index in [1.807, 2.05) is 0 Å². The zero-order valence-electron chi connectivity index (χ0n) is 14.3. The Morgan fingerprint density at radius 1 is 1.36 bits per heavy atom. The van der Waals surface area contributed by atoms with Gasteiger partial charge in [-0.25, -0.2) is 4.98 Å². The summed E-state index contributed by atoms with van der Waals surface area (Å²) in [7, 11) is 1.71. The van der Waals surface area contributed by atoms with Gasteiger partial charge in [0.1, 0.15) is 5.76 Å². The zero-order valence-corrected chi connectivity index (χ0v) is 14.3. The number of rotatable bonds is 4. The fourth-order valence-electron chi connectivity index (χ4n) is 3.09. The quantitative estimate of drug-likeness (QED) is 0.821. The number of hydrogen-bond acceptors (Lipinski definition) is 4. The molecule has 25 heavy (non-hydrogen) atoms. The molecule has 2 heterocycles. The van der Waals surface area contributed by atoms with Crippen molar-refractivity contribution in [2.24, 2.45) is 0 Å². The lowest BCUT2D eigenvalue weighted by molar-refractivity contribution is -0.137. The first-order chi connectivity index (χ1) is 11.9. The maximum Gasteiger partial charge on any atom is 0.416 e. The topological polar surface area (TPSA) is 38.5 Å². The molecule has 1 atom stereocenters. The van der Waals surface area contributed by atoms with Crippen molar-refractivity contribution in [3.8, 4) is 11.5 Å². The highest BCUT2D eigenvalue weighted by atomic mass is 19.4. The van der Waals surface area contributed by atoms with Crippen molar-refractivity contribution in [3.05, 3.63) is 41.3 Å². The van der Waals surface area contributed by atoms with Crippen molar-refractivity contribution in [1.82, 2.24) is 9.88 Å². The number of aryl methyl sites for hydroxylation is 1. The van der Waals surface area contributed by atoms with E-state index in [0.29, 0.717) is 17.9 Å². The van der Waals surface area contributed by atoms with Crippen LogP contribution in [0, 0.1) is 6.92 Å². The van der Waals surface area contributed by atoms with E-state index in [4.69, 9.17) is 9.15 Å². The molecule has 0 saturated carbocycles. The summed E-state index contributed by atoms with van der Waals surface area (Å²) in [6, 6.07) is 5.05. The Balaban J connectivity index is 1.79. The average molecular weight is 354 g/mol. The van der Waals surface area contributed by atoms with E-state index in [0.717, 1.165) is 43.8 Å².